The van der Waals surface area contributed by atoms with Crippen molar-refractivity contribution >= 4 is 18.0 Å². The molecule has 0 spiro atoms. The third-order valence-electron chi connectivity index (χ3n) is 1.36. The highest BCUT2D eigenvalue weighted by molar-refractivity contribution is 6.18. The number of nitrogens with zero attached hydrogens (tertiary/aromatic N) is 4. The van der Waals surface area contributed by atoms with Crippen molar-refractivity contribution < 1.29 is 4.79 Å². The van der Waals surface area contributed by atoms with Gasteiger partial charge >= 0.3 is 0 Å². The lowest BCUT2D eigenvalue weighted by molar-refractivity contribution is -0.117. The fourth-order valence-electron chi connectivity index (χ4n) is 0.862. The van der Waals surface area contributed by atoms with Crippen LogP contribution in [0.3, 0.4) is 0 Å². The molecule has 2 aliphatic heterocycles. The summed E-state index contributed by atoms with van der Waals surface area (Å²) < 4.78 is 0. The van der Waals surface area contributed by atoms with Crippen LogP contribution in [0.2, 0.25) is 0 Å². The molecule has 0 aromatic heterocycles. The van der Waals surface area contributed by atoms with Crippen molar-refractivity contribution in [1.82, 2.24) is 0 Å². The fourth-order valence-corrected chi connectivity index (χ4v) is 0.862. The molecule has 5 heteroatoms. The molecule has 1 unspecified atom stereocenters. The van der Waals surface area contributed by atoms with E-state index >= 15 is 0 Å². The Labute approximate surface area is 56.6 Å². The molecule has 0 bridgehead atoms. The van der Waals surface area contributed by atoms with Gasteiger partial charge in [0.15, 0.2) is 5.84 Å². The summed E-state index contributed by atoms with van der Waals surface area (Å²) in [5.74, 6) is -0.143. The van der Waals surface area contributed by atoms with Crippen molar-refractivity contribution in [2.75, 3.05) is 6.67 Å². The Hall–Kier alpha value is -1.39. The molecule has 1 atom stereocenters. The molecule has 0 aromatic rings. The van der Waals surface area contributed by atoms with E-state index in [4.69, 9.17) is 0 Å². The summed E-state index contributed by atoms with van der Waals surface area (Å²) in [6.45, 7) is 0.373. The van der Waals surface area contributed by atoms with E-state index in [2.05, 4.69) is 20.2 Å². The van der Waals surface area contributed by atoms with Crippen LogP contribution in [-0.4, -0.2) is 24.6 Å². The van der Waals surface area contributed by atoms with Gasteiger partial charge in [-0.2, -0.15) is 0 Å². The summed E-state index contributed by atoms with van der Waals surface area (Å²) in [6.07, 6.45) is 1.55. The SMILES string of the molecule is O=C1N=NC2=NCN=CC12. The van der Waals surface area contributed by atoms with Crippen LogP contribution < -0.4 is 0 Å². The maximum Gasteiger partial charge on any atom is 0.280 e. The first-order valence-corrected chi connectivity index (χ1v) is 2.88. The van der Waals surface area contributed by atoms with E-state index in [1.807, 2.05) is 0 Å². The number of carbonyl (C=O) groups excluding carboxylic acids is 1. The normalized spacial score (nSPS) is 28.6. The van der Waals surface area contributed by atoms with Gasteiger partial charge in [-0.15, -0.1) is 10.2 Å². The van der Waals surface area contributed by atoms with Gasteiger partial charge in [0.2, 0.25) is 0 Å². The van der Waals surface area contributed by atoms with Crippen LogP contribution in [0, 0.1) is 5.92 Å². The molecule has 0 saturated heterocycles. The number of carbonyl (C=O) groups is 1. The van der Waals surface area contributed by atoms with Crippen LogP contribution in [-0.2, 0) is 4.79 Å². The van der Waals surface area contributed by atoms with Crippen LogP contribution in [0.4, 0.5) is 0 Å². The van der Waals surface area contributed by atoms with Gasteiger partial charge < -0.3 is 0 Å². The second-order valence-electron chi connectivity index (χ2n) is 2.01. The molecule has 1 amide bonds. The monoisotopic (exact) mass is 136 g/mol. The lowest BCUT2D eigenvalue weighted by atomic mass is 10.1. The highest BCUT2D eigenvalue weighted by Crippen LogP contribution is 2.13. The van der Waals surface area contributed by atoms with Crippen molar-refractivity contribution in [1.29, 1.82) is 0 Å². The van der Waals surface area contributed by atoms with Crippen LogP contribution in [0.5, 0.6) is 0 Å². The van der Waals surface area contributed by atoms with Gasteiger partial charge in [-0.25, -0.2) is 4.99 Å². The Kier molecular flexibility index (Phi) is 0.969. The van der Waals surface area contributed by atoms with E-state index in [9.17, 15) is 4.79 Å². The molecule has 2 heterocycles. The molecule has 0 N–H and O–H groups in total. The van der Waals surface area contributed by atoms with Gasteiger partial charge in [0.1, 0.15) is 12.6 Å². The van der Waals surface area contributed by atoms with Crippen molar-refractivity contribution in [2.45, 2.75) is 0 Å². The number of aliphatic imine (C=N–C) groups is 2. The smallest absolute Gasteiger partial charge is 0.273 e. The van der Waals surface area contributed by atoms with Gasteiger partial charge in [0.05, 0.1) is 0 Å². The van der Waals surface area contributed by atoms with Crippen LogP contribution in [0.15, 0.2) is 20.2 Å². The molecule has 0 fully saturated rings. The first kappa shape index (κ1) is 5.40. The molecule has 10 heavy (non-hydrogen) atoms. The predicted octanol–water partition coefficient (Wildman–Crippen LogP) is 0.0354. The van der Waals surface area contributed by atoms with Gasteiger partial charge in [-0.05, 0) is 0 Å². The highest BCUT2D eigenvalue weighted by Gasteiger charge is 2.29. The molecular weight excluding hydrogens is 132 g/mol. The average Bonchev–Trinajstić information content (AvgIpc) is 2.34. The summed E-state index contributed by atoms with van der Waals surface area (Å²) in [5.41, 5.74) is 0. The summed E-state index contributed by atoms with van der Waals surface area (Å²) in [6, 6.07) is 0. The zero-order valence-electron chi connectivity index (χ0n) is 5.06. The topological polar surface area (TPSA) is 66.5 Å². The number of rotatable bonds is 0. The summed E-state index contributed by atoms with van der Waals surface area (Å²) in [7, 11) is 0. The number of amides is 1. The molecule has 0 saturated carbocycles. The summed E-state index contributed by atoms with van der Waals surface area (Å²) >= 11 is 0. The fraction of sp³-hybridized carbons (Fsp3) is 0.400. The molecule has 0 aromatic carbocycles. The number of amidine groups is 1. The molecule has 0 radical (unpaired) electrons. The zero-order valence-corrected chi connectivity index (χ0v) is 5.06. The second kappa shape index (κ2) is 1.80. The minimum absolute atomic E-state index is 0.262. The van der Waals surface area contributed by atoms with Crippen molar-refractivity contribution in [2.24, 2.45) is 26.1 Å². The maximum atomic E-state index is 10.8. The number of azo groups is 1. The van der Waals surface area contributed by atoms with Gasteiger partial charge in [0.25, 0.3) is 5.91 Å². The molecule has 5 nitrogen and oxygen atoms in total. The maximum absolute atomic E-state index is 10.8. The Morgan fingerprint density at radius 3 is 3.20 bits per heavy atom. The standard InChI is InChI=1S/C5H4N4O/c10-5-3-1-6-2-7-4(3)8-9-5/h1,3H,2H2. The van der Waals surface area contributed by atoms with E-state index in [1.165, 1.54) is 0 Å². The summed E-state index contributed by atoms with van der Waals surface area (Å²) in [5, 5.41) is 6.92. The number of fused-ring (bicyclic) bond motifs is 1. The van der Waals surface area contributed by atoms with E-state index in [-0.39, 0.29) is 11.8 Å². The van der Waals surface area contributed by atoms with E-state index in [0.29, 0.717) is 12.5 Å². The van der Waals surface area contributed by atoms with Gasteiger partial charge in [0, 0.05) is 6.21 Å². The zero-order chi connectivity index (χ0) is 6.97. The van der Waals surface area contributed by atoms with Crippen LogP contribution in [0.25, 0.3) is 0 Å². The van der Waals surface area contributed by atoms with Crippen LogP contribution >= 0.6 is 0 Å². The summed E-state index contributed by atoms with van der Waals surface area (Å²) in [4.78, 5) is 18.5. The van der Waals surface area contributed by atoms with Crippen molar-refractivity contribution in [3.63, 3.8) is 0 Å². The lowest BCUT2D eigenvalue weighted by Gasteiger charge is -2.02. The van der Waals surface area contributed by atoms with Gasteiger partial charge in [-0.3, -0.25) is 9.79 Å². The Morgan fingerprint density at radius 2 is 2.40 bits per heavy atom. The minimum atomic E-state index is -0.381. The minimum Gasteiger partial charge on any atom is -0.273 e. The number of hydrogen-bond acceptors (Lipinski definition) is 4. The molecular formula is C5H4N4O. The first-order valence-electron chi connectivity index (χ1n) is 2.88. The Balaban J connectivity index is 2.39. The molecule has 2 aliphatic rings. The third kappa shape index (κ3) is 0.601. The van der Waals surface area contributed by atoms with E-state index in [1.54, 1.807) is 6.21 Å². The first-order chi connectivity index (χ1) is 4.88. The van der Waals surface area contributed by atoms with Crippen LogP contribution in [0.1, 0.15) is 0 Å². The molecule has 50 valence electrons. The molecule has 0 aliphatic carbocycles. The van der Waals surface area contributed by atoms with E-state index < -0.39 is 0 Å². The van der Waals surface area contributed by atoms with Gasteiger partial charge in [-0.1, -0.05) is 0 Å². The predicted molar refractivity (Wildman–Crippen MR) is 34.1 cm³/mol. The Morgan fingerprint density at radius 1 is 1.50 bits per heavy atom. The second-order valence-corrected chi connectivity index (χ2v) is 2.01. The van der Waals surface area contributed by atoms with E-state index in [0.717, 1.165) is 0 Å². The average molecular weight is 136 g/mol. The van der Waals surface area contributed by atoms with Crippen molar-refractivity contribution in [3.05, 3.63) is 0 Å². The number of hydrogen-bond donors (Lipinski definition) is 0. The quantitative estimate of drug-likeness (QED) is 0.463. The third-order valence-corrected chi connectivity index (χ3v) is 1.36. The van der Waals surface area contributed by atoms with Crippen molar-refractivity contribution in [3.8, 4) is 0 Å². The Bertz CT molecular complexity index is 265. The molecule has 2 rings (SSSR count). The highest BCUT2D eigenvalue weighted by atomic mass is 16.2. The largest absolute Gasteiger partial charge is 0.280 e. The lowest BCUT2D eigenvalue weighted by Crippen LogP contribution is -2.19.